The predicted molar refractivity (Wildman–Crippen MR) is 67.1 cm³/mol. The van der Waals surface area contributed by atoms with Crippen LogP contribution < -0.4 is 11.3 Å². The summed E-state index contributed by atoms with van der Waals surface area (Å²) in [5, 5.41) is 0.532. The summed E-state index contributed by atoms with van der Waals surface area (Å²) in [5.74, 6) is 7.90. The number of hydrazine groups is 1. The smallest absolute Gasteiger partial charge is 0.124 e. The van der Waals surface area contributed by atoms with Gasteiger partial charge in [-0.05, 0) is 31.4 Å². The van der Waals surface area contributed by atoms with Gasteiger partial charge in [-0.2, -0.15) is 11.8 Å². The molecular formula is C11H21N3S. The summed E-state index contributed by atoms with van der Waals surface area (Å²) in [6, 6.07) is 0.540. The van der Waals surface area contributed by atoms with E-state index in [1.165, 1.54) is 50.7 Å². The Morgan fingerprint density at radius 3 is 2.47 bits per heavy atom. The third-order valence-corrected chi connectivity index (χ3v) is 4.66. The first kappa shape index (κ1) is 11.3. The number of rotatable bonds is 2. The van der Waals surface area contributed by atoms with Crippen molar-refractivity contribution in [1.29, 1.82) is 0 Å². The normalized spacial score (nSPS) is 29.4. The van der Waals surface area contributed by atoms with E-state index in [9.17, 15) is 0 Å². The second-order valence-corrected chi connectivity index (χ2v) is 5.76. The Hall–Kier alpha value is -0.220. The van der Waals surface area contributed by atoms with Crippen molar-refractivity contribution in [2.75, 3.05) is 5.75 Å². The quantitative estimate of drug-likeness (QED) is 0.329. The number of nitrogens with one attached hydrogen (secondary N) is 1. The highest BCUT2D eigenvalue weighted by molar-refractivity contribution is 8.00. The molecule has 4 heteroatoms. The van der Waals surface area contributed by atoms with E-state index in [0.717, 1.165) is 5.84 Å². The highest BCUT2D eigenvalue weighted by Crippen LogP contribution is 2.27. The lowest BCUT2D eigenvalue weighted by Gasteiger charge is -2.23. The average Bonchev–Trinajstić information content (AvgIpc) is 2.80. The van der Waals surface area contributed by atoms with E-state index in [1.807, 2.05) is 11.8 Å². The van der Waals surface area contributed by atoms with Crippen molar-refractivity contribution >= 4 is 17.6 Å². The highest BCUT2D eigenvalue weighted by Gasteiger charge is 2.21. The van der Waals surface area contributed by atoms with E-state index in [-0.39, 0.29) is 0 Å². The zero-order valence-corrected chi connectivity index (χ0v) is 10.1. The van der Waals surface area contributed by atoms with Crippen LogP contribution in [-0.2, 0) is 0 Å². The van der Waals surface area contributed by atoms with Gasteiger partial charge in [-0.25, -0.2) is 5.84 Å². The van der Waals surface area contributed by atoms with E-state index in [0.29, 0.717) is 11.3 Å². The molecule has 15 heavy (non-hydrogen) atoms. The van der Waals surface area contributed by atoms with Crippen LogP contribution >= 0.6 is 11.8 Å². The number of amidine groups is 1. The Balaban J connectivity index is 1.94. The van der Waals surface area contributed by atoms with Gasteiger partial charge >= 0.3 is 0 Å². The molecule has 0 radical (unpaired) electrons. The van der Waals surface area contributed by atoms with Crippen LogP contribution in [0.15, 0.2) is 4.99 Å². The minimum Gasteiger partial charge on any atom is -0.311 e. The van der Waals surface area contributed by atoms with E-state index < -0.39 is 0 Å². The van der Waals surface area contributed by atoms with Crippen LogP contribution in [0.2, 0.25) is 0 Å². The van der Waals surface area contributed by atoms with Gasteiger partial charge in [0.15, 0.2) is 0 Å². The number of nitrogens with two attached hydrogens (primary N) is 1. The van der Waals surface area contributed by atoms with Crippen LogP contribution in [0.1, 0.15) is 44.9 Å². The standard InChI is InChI=1S/C11H21N3S/c12-14-11(10-7-3-4-8-15-10)13-9-5-1-2-6-9/h9-10H,1-8,12H2,(H,13,14). The van der Waals surface area contributed by atoms with Crippen molar-refractivity contribution in [1.82, 2.24) is 5.43 Å². The maximum absolute atomic E-state index is 5.59. The first-order chi connectivity index (χ1) is 7.40. The molecule has 1 saturated carbocycles. The molecule has 1 aliphatic heterocycles. The third-order valence-electron chi connectivity index (χ3n) is 3.28. The van der Waals surface area contributed by atoms with Gasteiger partial charge < -0.3 is 5.43 Å². The van der Waals surface area contributed by atoms with E-state index >= 15 is 0 Å². The molecule has 0 bridgehead atoms. The summed E-state index contributed by atoms with van der Waals surface area (Å²) >= 11 is 2.01. The molecule has 0 spiro atoms. The first-order valence-electron chi connectivity index (χ1n) is 6.06. The number of aliphatic imine (C=N–C) groups is 1. The van der Waals surface area contributed by atoms with E-state index in [1.54, 1.807) is 0 Å². The van der Waals surface area contributed by atoms with Crippen LogP contribution in [0.4, 0.5) is 0 Å². The van der Waals surface area contributed by atoms with E-state index in [4.69, 9.17) is 10.8 Å². The molecule has 1 saturated heterocycles. The molecule has 0 amide bonds. The second-order valence-electron chi connectivity index (χ2n) is 4.45. The number of nitrogens with zero attached hydrogens (tertiary/aromatic N) is 1. The minimum atomic E-state index is 0.532. The molecule has 2 rings (SSSR count). The Bertz CT molecular complexity index is 218. The molecule has 1 aliphatic carbocycles. The number of hydrogen-bond acceptors (Lipinski definition) is 3. The van der Waals surface area contributed by atoms with Gasteiger partial charge in [0.1, 0.15) is 5.84 Å². The zero-order valence-electron chi connectivity index (χ0n) is 9.24. The molecule has 2 aliphatic rings. The number of thioether (sulfide) groups is 1. The Morgan fingerprint density at radius 2 is 1.87 bits per heavy atom. The van der Waals surface area contributed by atoms with Gasteiger partial charge in [0.2, 0.25) is 0 Å². The largest absolute Gasteiger partial charge is 0.311 e. The van der Waals surface area contributed by atoms with Crippen LogP contribution in [0.5, 0.6) is 0 Å². The lowest BCUT2D eigenvalue weighted by molar-refractivity contribution is 0.678. The molecule has 86 valence electrons. The molecule has 0 aromatic carbocycles. The summed E-state index contributed by atoms with van der Waals surface area (Å²) in [7, 11) is 0. The van der Waals surface area contributed by atoms with Crippen LogP contribution in [0.25, 0.3) is 0 Å². The second kappa shape index (κ2) is 5.75. The lowest BCUT2D eigenvalue weighted by Crippen LogP contribution is -2.39. The van der Waals surface area contributed by atoms with Gasteiger partial charge in [0.05, 0.1) is 11.3 Å². The van der Waals surface area contributed by atoms with Crippen molar-refractivity contribution in [3.63, 3.8) is 0 Å². The molecular weight excluding hydrogens is 206 g/mol. The monoisotopic (exact) mass is 227 g/mol. The van der Waals surface area contributed by atoms with Gasteiger partial charge in [0, 0.05) is 0 Å². The molecule has 2 fully saturated rings. The topological polar surface area (TPSA) is 50.4 Å². The fourth-order valence-corrected chi connectivity index (χ4v) is 3.68. The van der Waals surface area contributed by atoms with Crippen LogP contribution in [0, 0.1) is 0 Å². The fraction of sp³-hybridized carbons (Fsp3) is 0.909. The maximum Gasteiger partial charge on any atom is 0.124 e. The molecule has 3 N–H and O–H groups in total. The minimum absolute atomic E-state index is 0.532. The summed E-state index contributed by atoms with van der Waals surface area (Å²) in [5.41, 5.74) is 2.83. The highest BCUT2D eigenvalue weighted by atomic mass is 32.2. The SMILES string of the molecule is NNC(=NC1CCCC1)C1CCCCS1. The summed E-state index contributed by atoms with van der Waals surface area (Å²) < 4.78 is 0. The van der Waals surface area contributed by atoms with E-state index in [2.05, 4.69) is 5.43 Å². The molecule has 1 atom stereocenters. The zero-order chi connectivity index (χ0) is 10.5. The first-order valence-corrected chi connectivity index (χ1v) is 7.11. The van der Waals surface area contributed by atoms with Gasteiger partial charge in [0.25, 0.3) is 0 Å². The van der Waals surface area contributed by atoms with Crippen LogP contribution in [0.3, 0.4) is 0 Å². The summed E-state index contributed by atoms with van der Waals surface area (Å²) in [6.07, 6.45) is 9.09. The predicted octanol–water partition coefficient (Wildman–Crippen LogP) is 2.08. The molecule has 3 nitrogen and oxygen atoms in total. The van der Waals surface area contributed by atoms with Crippen molar-refractivity contribution in [3.05, 3.63) is 0 Å². The van der Waals surface area contributed by atoms with Crippen LogP contribution in [-0.4, -0.2) is 22.9 Å². The van der Waals surface area contributed by atoms with Gasteiger partial charge in [-0.3, -0.25) is 4.99 Å². The lowest BCUT2D eigenvalue weighted by atomic mass is 10.1. The average molecular weight is 227 g/mol. The van der Waals surface area contributed by atoms with Gasteiger partial charge in [-0.1, -0.05) is 19.3 Å². The maximum atomic E-state index is 5.59. The third kappa shape index (κ3) is 3.11. The van der Waals surface area contributed by atoms with Crippen molar-refractivity contribution in [3.8, 4) is 0 Å². The van der Waals surface area contributed by atoms with Crippen molar-refractivity contribution < 1.29 is 0 Å². The van der Waals surface area contributed by atoms with Crippen molar-refractivity contribution in [2.45, 2.75) is 56.2 Å². The summed E-state index contributed by atoms with van der Waals surface area (Å²) in [6.45, 7) is 0. The Morgan fingerprint density at radius 1 is 1.13 bits per heavy atom. The summed E-state index contributed by atoms with van der Waals surface area (Å²) in [4.78, 5) is 4.78. The Labute approximate surface area is 96.3 Å². The number of hydrogen-bond donors (Lipinski definition) is 2. The molecule has 1 unspecified atom stereocenters. The van der Waals surface area contributed by atoms with Gasteiger partial charge in [-0.15, -0.1) is 0 Å². The fourth-order valence-electron chi connectivity index (χ4n) is 2.40. The molecule has 1 heterocycles. The molecule has 0 aromatic rings. The molecule has 0 aromatic heterocycles. The van der Waals surface area contributed by atoms with Crippen molar-refractivity contribution in [2.24, 2.45) is 10.8 Å². The Kier molecular flexibility index (Phi) is 4.32.